The van der Waals surface area contributed by atoms with Gasteiger partial charge in [0, 0.05) is 25.3 Å². The van der Waals surface area contributed by atoms with E-state index in [0.29, 0.717) is 27.9 Å². The molecule has 0 saturated carbocycles. The quantitative estimate of drug-likeness (QED) is 0.820. The summed E-state index contributed by atoms with van der Waals surface area (Å²) in [4.78, 5) is 12.4. The fourth-order valence-electron chi connectivity index (χ4n) is 2.53. The molecule has 7 heteroatoms. The largest absolute Gasteiger partial charge is 0.496 e. The molecule has 0 aliphatic carbocycles. The molecule has 0 aromatic heterocycles. The van der Waals surface area contributed by atoms with E-state index >= 15 is 0 Å². The SMILES string of the molecule is COc1cc(N)c(Cl)cc1C(=O)NC(C)C1CCOCC1.Cl. The summed E-state index contributed by atoms with van der Waals surface area (Å²) >= 11 is 6.00. The van der Waals surface area contributed by atoms with Crippen LogP contribution in [0.25, 0.3) is 0 Å². The number of hydrogen-bond donors (Lipinski definition) is 2. The lowest BCUT2D eigenvalue weighted by Gasteiger charge is -2.28. The van der Waals surface area contributed by atoms with Gasteiger partial charge in [0.05, 0.1) is 23.4 Å². The van der Waals surface area contributed by atoms with Gasteiger partial charge in [0.25, 0.3) is 5.91 Å². The first-order valence-corrected chi connectivity index (χ1v) is 7.42. The fraction of sp³-hybridized carbons (Fsp3) is 0.533. The Labute approximate surface area is 141 Å². The predicted molar refractivity (Wildman–Crippen MR) is 90.1 cm³/mol. The van der Waals surface area contributed by atoms with E-state index in [9.17, 15) is 4.79 Å². The normalized spacial score (nSPS) is 16.5. The van der Waals surface area contributed by atoms with Gasteiger partial charge in [-0.15, -0.1) is 12.4 Å². The Morgan fingerprint density at radius 2 is 2.09 bits per heavy atom. The van der Waals surface area contributed by atoms with E-state index in [1.807, 2.05) is 6.92 Å². The van der Waals surface area contributed by atoms with Crippen LogP contribution in [-0.4, -0.2) is 32.3 Å². The molecule has 1 fully saturated rings. The van der Waals surface area contributed by atoms with Crippen molar-refractivity contribution in [3.8, 4) is 5.75 Å². The van der Waals surface area contributed by atoms with Crippen LogP contribution in [0.3, 0.4) is 0 Å². The molecule has 1 heterocycles. The second kappa shape index (κ2) is 8.46. The van der Waals surface area contributed by atoms with Crippen molar-refractivity contribution in [2.24, 2.45) is 5.92 Å². The molecule has 1 aromatic rings. The van der Waals surface area contributed by atoms with Gasteiger partial charge in [-0.25, -0.2) is 0 Å². The van der Waals surface area contributed by atoms with Crippen molar-refractivity contribution < 1.29 is 14.3 Å². The molecule has 2 rings (SSSR count). The smallest absolute Gasteiger partial charge is 0.255 e. The minimum Gasteiger partial charge on any atom is -0.496 e. The van der Waals surface area contributed by atoms with E-state index in [-0.39, 0.29) is 24.4 Å². The van der Waals surface area contributed by atoms with Crippen molar-refractivity contribution >= 4 is 35.6 Å². The molecular formula is C15H22Cl2N2O3. The average molecular weight is 349 g/mol. The number of hydrogen-bond acceptors (Lipinski definition) is 4. The summed E-state index contributed by atoms with van der Waals surface area (Å²) in [6, 6.07) is 3.18. The first kappa shape index (κ1) is 18.9. The van der Waals surface area contributed by atoms with E-state index in [2.05, 4.69) is 5.32 Å². The number of ether oxygens (including phenoxy) is 2. The molecule has 3 N–H and O–H groups in total. The number of rotatable bonds is 4. The highest BCUT2D eigenvalue weighted by atomic mass is 35.5. The summed E-state index contributed by atoms with van der Waals surface area (Å²) in [6.45, 7) is 3.52. The molecule has 5 nitrogen and oxygen atoms in total. The van der Waals surface area contributed by atoms with Gasteiger partial charge >= 0.3 is 0 Å². The van der Waals surface area contributed by atoms with E-state index < -0.39 is 0 Å². The molecule has 1 amide bonds. The Morgan fingerprint density at radius 3 is 2.68 bits per heavy atom. The van der Waals surface area contributed by atoms with Gasteiger partial charge in [0.2, 0.25) is 0 Å². The number of benzene rings is 1. The molecule has 1 unspecified atom stereocenters. The standard InChI is InChI=1S/C15H21ClN2O3.ClH/c1-9(10-3-5-21-6-4-10)18-15(19)11-7-12(16)13(17)8-14(11)20-2;/h7-10H,3-6,17H2,1-2H3,(H,18,19);1H. The van der Waals surface area contributed by atoms with E-state index in [0.717, 1.165) is 26.1 Å². The first-order chi connectivity index (χ1) is 10.0. The van der Waals surface area contributed by atoms with Crippen LogP contribution in [0.1, 0.15) is 30.1 Å². The lowest BCUT2D eigenvalue weighted by Crippen LogP contribution is -2.40. The van der Waals surface area contributed by atoms with Crippen molar-refractivity contribution in [1.29, 1.82) is 0 Å². The molecule has 0 radical (unpaired) electrons. The number of halogens is 2. The Morgan fingerprint density at radius 1 is 1.45 bits per heavy atom. The van der Waals surface area contributed by atoms with Crippen molar-refractivity contribution in [2.45, 2.75) is 25.8 Å². The maximum atomic E-state index is 12.4. The van der Waals surface area contributed by atoms with Gasteiger partial charge in [0.15, 0.2) is 0 Å². The van der Waals surface area contributed by atoms with Crippen LogP contribution in [0.5, 0.6) is 5.75 Å². The second-order valence-corrected chi connectivity index (χ2v) is 5.69. The van der Waals surface area contributed by atoms with Gasteiger partial charge < -0.3 is 20.5 Å². The molecule has 1 aliphatic heterocycles. The minimum absolute atomic E-state index is 0. The zero-order valence-electron chi connectivity index (χ0n) is 12.7. The van der Waals surface area contributed by atoms with Crippen molar-refractivity contribution in [3.63, 3.8) is 0 Å². The van der Waals surface area contributed by atoms with Crippen LogP contribution < -0.4 is 15.8 Å². The fourth-order valence-corrected chi connectivity index (χ4v) is 2.70. The van der Waals surface area contributed by atoms with Crippen LogP contribution >= 0.6 is 24.0 Å². The maximum absolute atomic E-state index is 12.4. The third kappa shape index (κ3) is 4.41. The van der Waals surface area contributed by atoms with Gasteiger partial charge in [-0.2, -0.15) is 0 Å². The number of carbonyl (C=O) groups is 1. The number of nitrogens with one attached hydrogen (secondary N) is 1. The van der Waals surface area contributed by atoms with Crippen LogP contribution in [0.15, 0.2) is 12.1 Å². The summed E-state index contributed by atoms with van der Waals surface area (Å²) in [5.74, 6) is 0.652. The molecule has 22 heavy (non-hydrogen) atoms. The molecule has 1 saturated heterocycles. The van der Waals surface area contributed by atoms with E-state index in [1.54, 1.807) is 12.1 Å². The number of carbonyl (C=O) groups excluding carboxylic acids is 1. The minimum atomic E-state index is -0.201. The molecule has 1 aliphatic rings. The lowest BCUT2D eigenvalue weighted by molar-refractivity contribution is 0.0538. The molecule has 124 valence electrons. The van der Waals surface area contributed by atoms with E-state index in [4.69, 9.17) is 26.8 Å². The topological polar surface area (TPSA) is 73.6 Å². The van der Waals surface area contributed by atoms with Crippen LogP contribution in [-0.2, 0) is 4.74 Å². The molecule has 0 bridgehead atoms. The molecule has 1 aromatic carbocycles. The maximum Gasteiger partial charge on any atom is 0.255 e. The highest BCUT2D eigenvalue weighted by Gasteiger charge is 2.23. The molecule has 1 atom stereocenters. The Hall–Kier alpha value is -1.17. The van der Waals surface area contributed by atoms with Gasteiger partial charge in [-0.05, 0) is 31.7 Å². The Bertz CT molecular complexity index is 520. The monoisotopic (exact) mass is 348 g/mol. The van der Waals surface area contributed by atoms with Crippen LogP contribution in [0, 0.1) is 5.92 Å². The zero-order chi connectivity index (χ0) is 15.4. The third-order valence-electron chi connectivity index (χ3n) is 3.90. The van der Waals surface area contributed by atoms with Crippen LogP contribution in [0.2, 0.25) is 5.02 Å². The van der Waals surface area contributed by atoms with E-state index in [1.165, 1.54) is 7.11 Å². The third-order valence-corrected chi connectivity index (χ3v) is 4.22. The second-order valence-electron chi connectivity index (χ2n) is 5.29. The Balaban J connectivity index is 0.00000242. The number of nitrogens with two attached hydrogens (primary N) is 1. The molecule has 0 spiro atoms. The Kier molecular flexibility index (Phi) is 7.26. The zero-order valence-corrected chi connectivity index (χ0v) is 14.3. The summed E-state index contributed by atoms with van der Waals surface area (Å²) in [5, 5.41) is 3.36. The summed E-state index contributed by atoms with van der Waals surface area (Å²) in [6.07, 6.45) is 1.92. The van der Waals surface area contributed by atoms with Crippen molar-refractivity contribution in [3.05, 3.63) is 22.7 Å². The summed E-state index contributed by atoms with van der Waals surface area (Å²) in [5.41, 5.74) is 6.52. The van der Waals surface area contributed by atoms with Gasteiger partial charge in [-0.1, -0.05) is 11.6 Å². The number of anilines is 1. The summed E-state index contributed by atoms with van der Waals surface area (Å²) < 4.78 is 10.6. The number of amides is 1. The van der Waals surface area contributed by atoms with Gasteiger partial charge in [0.1, 0.15) is 5.75 Å². The van der Waals surface area contributed by atoms with Crippen molar-refractivity contribution in [2.75, 3.05) is 26.1 Å². The summed E-state index contributed by atoms with van der Waals surface area (Å²) in [7, 11) is 1.50. The molecular weight excluding hydrogens is 327 g/mol. The number of nitrogen functional groups attached to an aromatic ring is 1. The van der Waals surface area contributed by atoms with Crippen molar-refractivity contribution in [1.82, 2.24) is 5.32 Å². The lowest BCUT2D eigenvalue weighted by atomic mass is 9.92. The highest BCUT2D eigenvalue weighted by molar-refractivity contribution is 6.33. The number of methoxy groups -OCH3 is 1. The highest BCUT2D eigenvalue weighted by Crippen LogP contribution is 2.29. The first-order valence-electron chi connectivity index (χ1n) is 7.04. The van der Waals surface area contributed by atoms with Gasteiger partial charge in [-0.3, -0.25) is 4.79 Å². The predicted octanol–water partition coefficient (Wildman–Crippen LogP) is 2.90. The average Bonchev–Trinajstić information content (AvgIpc) is 2.50. The van der Waals surface area contributed by atoms with Crippen LogP contribution in [0.4, 0.5) is 5.69 Å².